The number of rotatable bonds is 5. The molecule has 132 valence electrons. The van der Waals surface area contributed by atoms with Crippen molar-refractivity contribution in [2.45, 2.75) is 0 Å². The summed E-state index contributed by atoms with van der Waals surface area (Å²) < 4.78 is 13.1. The van der Waals surface area contributed by atoms with Crippen LogP contribution in [0.3, 0.4) is 0 Å². The molecule has 5 nitrogen and oxygen atoms in total. The number of thiazole rings is 1. The Kier molecular flexibility index (Phi) is 5.09. The van der Waals surface area contributed by atoms with Gasteiger partial charge in [-0.05, 0) is 42.6 Å². The van der Waals surface area contributed by atoms with E-state index in [0.29, 0.717) is 16.8 Å². The van der Waals surface area contributed by atoms with Gasteiger partial charge < -0.3 is 4.90 Å². The Morgan fingerprint density at radius 1 is 1.15 bits per heavy atom. The molecule has 0 aliphatic carbocycles. The van der Waals surface area contributed by atoms with Crippen LogP contribution in [-0.4, -0.2) is 28.9 Å². The molecule has 0 saturated carbocycles. The first kappa shape index (κ1) is 17.8. The van der Waals surface area contributed by atoms with Crippen LogP contribution in [0.25, 0.3) is 27.9 Å². The molecule has 0 aliphatic rings. The van der Waals surface area contributed by atoms with Gasteiger partial charge in [-0.2, -0.15) is 0 Å². The molecule has 26 heavy (non-hydrogen) atoms. The summed E-state index contributed by atoms with van der Waals surface area (Å²) in [5, 5.41) is 14.0. The van der Waals surface area contributed by atoms with Gasteiger partial charge in [-0.3, -0.25) is 10.1 Å². The van der Waals surface area contributed by atoms with Crippen molar-refractivity contribution >= 4 is 23.1 Å². The Balaban J connectivity index is 1.96. The van der Waals surface area contributed by atoms with E-state index in [1.165, 1.54) is 29.5 Å². The molecule has 2 aromatic carbocycles. The number of aromatic nitrogens is 1. The number of nitrogens with zero attached hydrogens (tertiary/aromatic N) is 3. The monoisotopic (exact) mass is 369 g/mol. The molecule has 3 aromatic rings. The zero-order valence-corrected chi connectivity index (χ0v) is 15.0. The SMILES string of the molecule is CN(C)C=Cc1ccc(-c2csc(-c3ccc(F)cc3)n2)cc1[N+](=O)[O-]. The first-order valence-corrected chi connectivity index (χ1v) is 8.67. The molecule has 7 heteroatoms. The van der Waals surface area contributed by atoms with Gasteiger partial charge in [0.25, 0.3) is 5.69 Å². The van der Waals surface area contributed by atoms with Gasteiger partial charge in [0.05, 0.1) is 16.2 Å². The van der Waals surface area contributed by atoms with Gasteiger partial charge in [0.15, 0.2) is 0 Å². The third kappa shape index (κ3) is 3.94. The van der Waals surface area contributed by atoms with Crippen LogP contribution in [0.5, 0.6) is 0 Å². The minimum atomic E-state index is -0.397. The lowest BCUT2D eigenvalue weighted by atomic mass is 10.1. The van der Waals surface area contributed by atoms with Crippen LogP contribution < -0.4 is 0 Å². The van der Waals surface area contributed by atoms with E-state index in [9.17, 15) is 14.5 Å². The molecule has 0 saturated heterocycles. The van der Waals surface area contributed by atoms with Crippen molar-refractivity contribution in [2.24, 2.45) is 0 Å². The van der Waals surface area contributed by atoms with E-state index in [2.05, 4.69) is 4.98 Å². The van der Waals surface area contributed by atoms with Crippen LogP contribution in [0.2, 0.25) is 0 Å². The first-order valence-electron chi connectivity index (χ1n) is 7.79. The van der Waals surface area contributed by atoms with E-state index in [-0.39, 0.29) is 11.5 Å². The first-order chi connectivity index (χ1) is 12.4. The highest BCUT2D eigenvalue weighted by Gasteiger charge is 2.15. The number of halogens is 1. The third-order valence-corrected chi connectivity index (χ3v) is 4.56. The summed E-state index contributed by atoms with van der Waals surface area (Å²) in [6.45, 7) is 0. The minimum Gasteiger partial charge on any atom is -0.383 e. The molecule has 0 fully saturated rings. The fourth-order valence-electron chi connectivity index (χ4n) is 2.36. The second-order valence-corrected chi connectivity index (χ2v) is 6.71. The van der Waals surface area contributed by atoms with Crippen LogP contribution >= 0.6 is 11.3 Å². The highest BCUT2D eigenvalue weighted by atomic mass is 32.1. The van der Waals surface area contributed by atoms with Gasteiger partial charge in [-0.15, -0.1) is 11.3 Å². The molecule has 0 bridgehead atoms. The van der Waals surface area contributed by atoms with Crippen molar-refractivity contribution in [2.75, 3.05) is 14.1 Å². The molecular formula is C19H16FN3O2S. The van der Waals surface area contributed by atoms with Crippen molar-refractivity contribution in [3.63, 3.8) is 0 Å². The summed E-state index contributed by atoms with van der Waals surface area (Å²) in [5.41, 5.74) is 2.69. The van der Waals surface area contributed by atoms with Crippen molar-refractivity contribution in [1.82, 2.24) is 9.88 Å². The highest BCUT2D eigenvalue weighted by Crippen LogP contribution is 2.32. The average Bonchev–Trinajstić information content (AvgIpc) is 3.10. The van der Waals surface area contributed by atoms with Gasteiger partial charge in [-0.25, -0.2) is 9.37 Å². The van der Waals surface area contributed by atoms with Gasteiger partial charge in [0.2, 0.25) is 0 Å². The van der Waals surface area contributed by atoms with Crippen LogP contribution in [-0.2, 0) is 0 Å². The van der Waals surface area contributed by atoms with Crippen molar-refractivity contribution in [3.8, 4) is 21.8 Å². The average molecular weight is 369 g/mol. The molecular weight excluding hydrogens is 353 g/mol. The molecule has 0 unspecified atom stereocenters. The predicted octanol–water partition coefficient (Wildman–Crippen LogP) is 5.06. The largest absolute Gasteiger partial charge is 0.383 e. The zero-order valence-electron chi connectivity index (χ0n) is 14.2. The lowest BCUT2D eigenvalue weighted by molar-refractivity contribution is -0.385. The van der Waals surface area contributed by atoms with E-state index in [1.54, 1.807) is 30.5 Å². The van der Waals surface area contributed by atoms with Gasteiger partial charge in [0, 0.05) is 36.7 Å². The number of hydrogen-bond acceptors (Lipinski definition) is 5. The molecule has 0 spiro atoms. The Morgan fingerprint density at radius 3 is 2.50 bits per heavy atom. The number of hydrogen-bond donors (Lipinski definition) is 0. The lowest BCUT2D eigenvalue weighted by Gasteiger charge is -2.05. The second-order valence-electron chi connectivity index (χ2n) is 5.85. The lowest BCUT2D eigenvalue weighted by Crippen LogP contribution is -2.00. The molecule has 1 aromatic heterocycles. The van der Waals surface area contributed by atoms with Crippen LogP contribution in [0.4, 0.5) is 10.1 Å². The van der Waals surface area contributed by atoms with E-state index < -0.39 is 4.92 Å². The van der Waals surface area contributed by atoms with Crippen LogP contribution in [0, 0.1) is 15.9 Å². The van der Waals surface area contributed by atoms with E-state index in [4.69, 9.17) is 0 Å². The molecule has 0 atom stereocenters. The van der Waals surface area contributed by atoms with Gasteiger partial charge >= 0.3 is 0 Å². The topological polar surface area (TPSA) is 59.3 Å². The second kappa shape index (κ2) is 7.45. The molecule has 0 amide bonds. The summed E-state index contributed by atoms with van der Waals surface area (Å²) in [6, 6.07) is 11.1. The summed E-state index contributed by atoms with van der Waals surface area (Å²) in [6.07, 6.45) is 3.46. The van der Waals surface area contributed by atoms with E-state index >= 15 is 0 Å². The molecule has 3 rings (SSSR count). The maximum atomic E-state index is 13.1. The third-order valence-electron chi connectivity index (χ3n) is 3.67. The summed E-state index contributed by atoms with van der Waals surface area (Å²) in [4.78, 5) is 17.4. The van der Waals surface area contributed by atoms with Crippen molar-refractivity contribution < 1.29 is 9.31 Å². The fraction of sp³-hybridized carbons (Fsp3) is 0.105. The maximum Gasteiger partial charge on any atom is 0.277 e. The van der Waals surface area contributed by atoms with Gasteiger partial charge in [-0.1, -0.05) is 6.07 Å². The molecule has 0 N–H and O–H groups in total. The fourth-order valence-corrected chi connectivity index (χ4v) is 3.20. The summed E-state index contributed by atoms with van der Waals surface area (Å²) >= 11 is 1.41. The standard InChI is InChI=1S/C19H16FN3O2S/c1-22(2)10-9-13-3-4-15(11-18(13)23(24)25)17-12-26-19(21-17)14-5-7-16(20)8-6-14/h3-12H,1-2H3. The molecule has 0 aliphatic heterocycles. The smallest absolute Gasteiger partial charge is 0.277 e. The minimum absolute atomic E-state index is 0.0249. The maximum absolute atomic E-state index is 13.1. The quantitative estimate of drug-likeness (QED) is 0.466. The van der Waals surface area contributed by atoms with Crippen molar-refractivity contribution in [1.29, 1.82) is 0 Å². The van der Waals surface area contributed by atoms with Gasteiger partial charge in [0.1, 0.15) is 10.8 Å². The van der Waals surface area contributed by atoms with Crippen LogP contribution in [0.1, 0.15) is 5.56 Å². The molecule has 0 radical (unpaired) electrons. The predicted molar refractivity (Wildman–Crippen MR) is 102 cm³/mol. The van der Waals surface area contributed by atoms with Crippen molar-refractivity contribution in [3.05, 3.63) is 75.5 Å². The van der Waals surface area contributed by atoms with E-state index in [0.717, 1.165) is 10.6 Å². The van der Waals surface area contributed by atoms with Crippen LogP contribution in [0.15, 0.2) is 54.0 Å². The number of benzene rings is 2. The molecule has 1 heterocycles. The summed E-state index contributed by atoms with van der Waals surface area (Å²) in [5.74, 6) is -0.303. The van der Waals surface area contributed by atoms with E-state index in [1.807, 2.05) is 30.4 Å². The Bertz CT molecular complexity index is 965. The Morgan fingerprint density at radius 2 is 1.85 bits per heavy atom. The highest BCUT2D eigenvalue weighted by molar-refractivity contribution is 7.13. The number of nitro groups is 1. The normalized spacial score (nSPS) is 11.0. The zero-order chi connectivity index (χ0) is 18.7. The Hall–Kier alpha value is -3.06. The summed E-state index contributed by atoms with van der Waals surface area (Å²) in [7, 11) is 3.70. The Labute approximate surface area is 154 Å². The number of nitro benzene ring substituents is 1.